The van der Waals surface area contributed by atoms with Gasteiger partial charge < -0.3 is 11.1 Å². The molecule has 7 nitrogen and oxygen atoms in total. The predicted octanol–water partition coefficient (Wildman–Crippen LogP) is -0.129. The summed E-state index contributed by atoms with van der Waals surface area (Å²) < 4.78 is 1.73. The molecule has 0 radical (unpaired) electrons. The molecule has 3 N–H and O–H groups in total. The van der Waals surface area contributed by atoms with Crippen LogP contribution >= 0.6 is 0 Å². The van der Waals surface area contributed by atoms with Crippen molar-refractivity contribution in [3.8, 4) is 5.82 Å². The van der Waals surface area contributed by atoms with Crippen LogP contribution in [0.1, 0.15) is 23.2 Å². The summed E-state index contributed by atoms with van der Waals surface area (Å²) in [6.07, 6.45) is 3.39. The van der Waals surface area contributed by atoms with Crippen LogP contribution in [0.2, 0.25) is 0 Å². The molecule has 0 atom stereocenters. The van der Waals surface area contributed by atoms with Crippen LogP contribution in [0.5, 0.6) is 0 Å². The smallest absolute Gasteiger partial charge is 0.271 e. The molecular formula is C11H14N6O. The summed E-state index contributed by atoms with van der Waals surface area (Å²) in [6, 6.07) is 3.33. The molecule has 0 fully saturated rings. The summed E-state index contributed by atoms with van der Waals surface area (Å²) in [7, 11) is 0. The van der Waals surface area contributed by atoms with Crippen LogP contribution in [0.4, 0.5) is 0 Å². The van der Waals surface area contributed by atoms with Crippen molar-refractivity contribution >= 4 is 5.91 Å². The molecule has 0 aliphatic rings. The lowest BCUT2D eigenvalue weighted by Gasteiger charge is -2.05. The number of carbonyl (C=O) groups excluding carboxylic acids is 1. The van der Waals surface area contributed by atoms with Gasteiger partial charge in [0.05, 0.1) is 6.54 Å². The lowest BCUT2D eigenvalue weighted by Crippen LogP contribution is -2.24. The summed E-state index contributed by atoms with van der Waals surface area (Å²) >= 11 is 0. The molecule has 2 rings (SSSR count). The Morgan fingerprint density at radius 2 is 2.28 bits per heavy atom. The van der Waals surface area contributed by atoms with E-state index in [0.29, 0.717) is 24.7 Å². The van der Waals surface area contributed by atoms with E-state index in [9.17, 15) is 4.79 Å². The van der Waals surface area contributed by atoms with Gasteiger partial charge in [-0.3, -0.25) is 9.36 Å². The molecule has 0 aliphatic carbocycles. The highest BCUT2D eigenvalue weighted by molar-refractivity contribution is 5.92. The van der Waals surface area contributed by atoms with E-state index in [2.05, 4.69) is 20.5 Å². The molecule has 0 saturated carbocycles. The number of amides is 1. The molecule has 2 aromatic heterocycles. The first-order chi connectivity index (χ1) is 8.76. The van der Waals surface area contributed by atoms with Crippen LogP contribution in [0, 0.1) is 0 Å². The van der Waals surface area contributed by atoms with E-state index in [0.717, 1.165) is 0 Å². The SMILES string of the molecule is CCNC(=O)c1ccc(-n2ccnc2CN)nn1. The number of imidazole rings is 1. The van der Waals surface area contributed by atoms with Gasteiger partial charge in [-0.2, -0.15) is 0 Å². The minimum Gasteiger partial charge on any atom is -0.351 e. The van der Waals surface area contributed by atoms with Crippen LogP contribution < -0.4 is 11.1 Å². The quantitative estimate of drug-likeness (QED) is 0.783. The molecule has 0 spiro atoms. The Bertz CT molecular complexity index is 533. The van der Waals surface area contributed by atoms with E-state index >= 15 is 0 Å². The highest BCUT2D eigenvalue weighted by atomic mass is 16.1. The first-order valence-electron chi connectivity index (χ1n) is 5.61. The summed E-state index contributed by atoms with van der Waals surface area (Å²) in [5.41, 5.74) is 5.84. The zero-order valence-corrected chi connectivity index (χ0v) is 10.00. The number of hydrogen-bond acceptors (Lipinski definition) is 5. The highest BCUT2D eigenvalue weighted by Crippen LogP contribution is 2.06. The standard InChI is InChI=1S/C11H14N6O/c1-2-13-11(18)8-3-4-9(16-15-8)17-6-5-14-10(17)7-12/h3-6H,2,7,12H2,1H3,(H,13,18). The van der Waals surface area contributed by atoms with Crippen molar-refractivity contribution < 1.29 is 4.79 Å². The molecule has 7 heteroatoms. The summed E-state index contributed by atoms with van der Waals surface area (Å²) in [4.78, 5) is 15.6. The lowest BCUT2D eigenvalue weighted by molar-refractivity contribution is 0.0950. The number of nitrogens with zero attached hydrogens (tertiary/aromatic N) is 4. The Balaban J connectivity index is 2.25. The van der Waals surface area contributed by atoms with Crippen LogP contribution in [0.25, 0.3) is 5.82 Å². The van der Waals surface area contributed by atoms with Crippen molar-refractivity contribution in [2.45, 2.75) is 13.5 Å². The normalized spacial score (nSPS) is 10.3. The van der Waals surface area contributed by atoms with E-state index in [1.54, 1.807) is 29.1 Å². The monoisotopic (exact) mass is 246 g/mol. The van der Waals surface area contributed by atoms with Gasteiger partial charge in [0.25, 0.3) is 5.91 Å². The molecule has 0 bridgehead atoms. The Hall–Kier alpha value is -2.28. The number of rotatable bonds is 4. The molecule has 0 aliphatic heterocycles. The van der Waals surface area contributed by atoms with Gasteiger partial charge in [-0.05, 0) is 19.1 Å². The Morgan fingerprint density at radius 1 is 1.44 bits per heavy atom. The average molecular weight is 246 g/mol. The number of nitrogens with one attached hydrogen (secondary N) is 1. The van der Waals surface area contributed by atoms with Crippen molar-refractivity contribution in [2.24, 2.45) is 5.73 Å². The Labute approximate surface area is 104 Å². The van der Waals surface area contributed by atoms with Crippen molar-refractivity contribution in [1.82, 2.24) is 25.1 Å². The van der Waals surface area contributed by atoms with E-state index in [-0.39, 0.29) is 11.6 Å². The topological polar surface area (TPSA) is 98.7 Å². The molecule has 0 unspecified atom stereocenters. The zero-order chi connectivity index (χ0) is 13.0. The average Bonchev–Trinajstić information content (AvgIpc) is 2.87. The predicted molar refractivity (Wildman–Crippen MR) is 65.1 cm³/mol. The summed E-state index contributed by atoms with van der Waals surface area (Å²) in [6.45, 7) is 2.71. The maximum Gasteiger partial charge on any atom is 0.271 e. The molecule has 1 amide bonds. The van der Waals surface area contributed by atoms with Crippen LogP contribution in [0.15, 0.2) is 24.5 Å². The fourth-order valence-electron chi connectivity index (χ4n) is 1.52. The third-order valence-corrected chi connectivity index (χ3v) is 2.37. The van der Waals surface area contributed by atoms with Crippen molar-refractivity contribution in [2.75, 3.05) is 6.54 Å². The molecule has 18 heavy (non-hydrogen) atoms. The van der Waals surface area contributed by atoms with Gasteiger partial charge in [-0.25, -0.2) is 4.98 Å². The maximum atomic E-state index is 11.5. The van der Waals surface area contributed by atoms with E-state index < -0.39 is 0 Å². The van der Waals surface area contributed by atoms with Gasteiger partial charge in [0, 0.05) is 18.9 Å². The summed E-state index contributed by atoms with van der Waals surface area (Å²) in [5, 5.41) is 10.5. The first kappa shape index (κ1) is 12.2. The molecule has 94 valence electrons. The van der Waals surface area contributed by atoms with Gasteiger partial charge in [-0.15, -0.1) is 10.2 Å². The van der Waals surface area contributed by atoms with Gasteiger partial charge >= 0.3 is 0 Å². The second kappa shape index (κ2) is 5.37. The van der Waals surface area contributed by atoms with Gasteiger partial charge in [0.1, 0.15) is 5.82 Å². The Kier molecular flexibility index (Phi) is 3.63. The molecular weight excluding hydrogens is 232 g/mol. The summed E-state index contributed by atoms with van der Waals surface area (Å²) in [5.74, 6) is 1.04. The van der Waals surface area contributed by atoms with Crippen LogP contribution in [-0.4, -0.2) is 32.2 Å². The fraction of sp³-hybridized carbons (Fsp3) is 0.273. The second-order valence-electron chi connectivity index (χ2n) is 3.55. The molecule has 0 aromatic carbocycles. The fourth-order valence-corrected chi connectivity index (χ4v) is 1.52. The molecule has 2 aromatic rings. The minimum atomic E-state index is -0.235. The third kappa shape index (κ3) is 2.35. The van der Waals surface area contributed by atoms with Crippen LogP contribution in [0.3, 0.4) is 0 Å². The van der Waals surface area contributed by atoms with Gasteiger partial charge in [0.15, 0.2) is 11.5 Å². The van der Waals surface area contributed by atoms with Crippen molar-refractivity contribution in [3.63, 3.8) is 0 Å². The van der Waals surface area contributed by atoms with Crippen molar-refractivity contribution in [1.29, 1.82) is 0 Å². The van der Waals surface area contributed by atoms with Crippen molar-refractivity contribution in [3.05, 3.63) is 36.0 Å². The van der Waals surface area contributed by atoms with E-state index in [1.807, 2.05) is 6.92 Å². The largest absolute Gasteiger partial charge is 0.351 e. The van der Waals surface area contributed by atoms with Gasteiger partial charge in [-0.1, -0.05) is 0 Å². The zero-order valence-electron chi connectivity index (χ0n) is 10.00. The second-order valence-corrected chi connectivity index (χ2v) is 3.55. The van der Waals surface area contributed by atoms with Crippen LogP contribution in [-0.2, 0) is 6.54 Å². The number of carbonyl (C=O) groups is 1. The van der Waals surface area contributed by atoms with E-state index in [1.165, 1.54) is 0 Å². The highest BCUT2D eigenvalue weighted by Gasteiger charge is 2.09. The number of hydrogen-bond donors (Lipinski definition) is 2. The minimum absolute atomic E-state index is 0.235. The third-order valence-electron chi connectivity index (χ3n) is 2.37. The molecule has 2 heterocycles. The van der Waals surface area contributed by atoms with E-state index in [4.69, 9.17) is 5.73 Å². The number of aromatic nitrogens is 4. The lowest BCUT2D eigenvalue weighted by atomic mass is 10.3. The molecule has 0 saturated heterocycles. The van der Waals surface area contributed by atoms with Gasteiger partial charge in [0.2, 0.25) is 0 Å². The number of nitrogens with two attached hydrogens (primary N) is 1. The Morgan fingerprint density at radius 3 is 2.89 bits per heavy atom. The first-order valence-corrected chi connectivity index (χ1v) is 5.61. The maximum absolute atomic E-state index is 11.5.